The molecule has 1 aliphatic heterocycles. The molecule has 4 nitrogen and oxygen atoms in total. The highest BCUT2D eigenvalue weighted by Gasteiger charge is 2.31. The molecule has 0 radical (unpaired) electrons. The third kappa shape index (κ3) is 3.41. The predicted octanol–water partition coefficient (Wildman–Crippen LogP) is 2.34. The standard InChI is InChI=1S/C13H16F2N2O2/c1-13(19)5-2-6-17(8-13)12(18)16-11-4-3-9(14)7-10(11)15/h3-4,7,19H,2,5-6,8H2,1H3,(H,16,18). The quantitative estimate of drug-likeness (QED) is 0.823. The summed E-state index contributed by atoms with van der Waals surface area (Å²) in [5.74, 6) is -1.52. The van der Waals surface area contributed by atoms with Crippen molar-refractivity contribution in [2.45, 2.75) is 25.4 Å². The van der Waals surface area contributed by atoms with Gasteiger partial charge in [0.05, 0.1) is 17.8 Å². The molecule has 104 valence electrons. The summed E-state index contributed by atoms with van der Waals surface area (Å²) in [5, 5.41) is 12.3. The Bertz CT molecular complexity index is 492. The molecular formula is C13H16F2N2O2. The van der Waals surface area contributed by atoms with E-state index in [1.807, 2.05) is 0 Å². The first-order valence-electron chi connectivity index (χ1n) is 6.11. The van der Waals surface area contributed by atoms with Crippen molar-refractivity contribution in [1.29, 1.82) is 0 Å². The van der Waals surface area contributed by atoms with Gasteiger partial charge in [-0.25, -0.2) is 13.6 Å². The zero-order valence-corrected chi connectivity index (χ0v) is 10.6. The van der Waals surface area contributed by atoms with Crippen molar-refractivity contribution in [3.63, 3.8) is 0 Å². The maximum atomic E-state index is 13.4. The Balaban J connectivity index is 2.04. The number of β-amino-alcohol motifs (C(OH)–C–C–N with tert-alkyl or cyclic N) is 1. The molecule has 0 saturated carbocycles. The summed E-state index contributed by atoms with van der Waals surface area (Å²) in [4.78, 5) is 13.4. The molecule has 1 fully saturated rings. The predicted molar refractivity (Wildman–Crippen MR) is 66.8 cm³/mol. The summed E-state index contributed by atoms with van der Waals surface area (Å²) in [5.41, 5.74) is -0.992. The Labute approximate surface area is 110 Å². The molecule has 2 rings (SSSR count). The molecule has 0 aromatic heterocycles. The molecule has 0 bridgehead atoms. The Hall–Kier alpha value is -1.69. The van der Waals surface area contributed by atoms with E-state index in [4.69, 9.17) is 0 Å². The molecule has 0 spiro atoms. The molecule has 1 aromatic rings. The van der Waals surface area contributed by atoms with E-state index in [0.29, 0.717) is 25.5 Å². The molecule has 6 heteroatoms. The van der Waals surface area contributed by atoms with Gasteiger partial charge >= 0.3 is 6.03 Å². The van der Waals surface area contributed by atoms with Crippen molar-refractivity contribution in [3.05, 3.63) is 29.8 Å². The maximum Gasteiger partial charge on any atom is 0.322 e. The third-order valence-electron chi connectivity index (χ3n) is 3.13. The van der Waals surface area contributed by atoms with Gasteiger partial charge in [0.15, 0.2) is 0 Å². The molecule has 0 aliphatic carbocycles. The van der Waals surface area contributed by atoms with Gasteiger partial charge in [-0.2, -0.15) is 0 Å². The smallest absolute Gasteiger partial charge is 0.322 e. The van der Waals surface area contributed by atoms with Crippen LogP contribution >= 0.6 is 0 Å². The minimum atomic E-state index is -0.920. The molecule has 19 heavy (non-hydrogen) atoms. The highest BCUT2D eigenvalue weighted by atomic mass is 19.1. The lowest BCUT2D eigenvalue weighted by Crippen LogP contribution is -2.50. The number of anilines is 1. The Morgan fingerprint density at radius 1 is 1.47 bits per heavy atom. The van der Waals surface area contributed by atoms with Gasteiger partial charge in [0.25, 0.3) is 0 Å². The number of urea groups is 1. The van der Waals surface area contributed by atoms with Crippen LogP contribution in [0, 0.1) is 11.6 Å². The van der Waals surface area contributed by atoms with E-state index >= 15 is 0 Å². The Morgan fingerprint density at radius 2 is 2.21 bits per heavy atom. The number of hydrogen-bond donors (Lipinski definition) is 2. The number of rotatable bonds is 1. The van der Waals surface area contributed by atoms with Crippen molar-refractivity contribution in [2.24, 2.45) is 0 Å². The van der Waals surface area contributed by atoms with Crippen LogP contribution in [0.4, 0.5) is 19.3 Å². The first-order valence-corrected chi connectivity index (χ1v) is 6.11. The first-order chi connectivity index (χ1) is 8.87. The molecular weight excluding hydrogens is 254 g/mol. The molecule has 1 saturated heterocycles. The first kappa shape index (κ1) is 13.7. The minimum Gasteiger partial charge on any atom is -0.388 e. The van der Waals surface area contributed by atoms with Crippen LogP contribution in [0.1, 0.15) is 19.8 Å². The SMILES string of the molecule is CC1(O)CCCN(C(=O)Nc2ccc(F)cc2F)C1. The van der Waals surface area contributed by atoms with Gasteiger partial charge in [-0.15, -0.1) is 0 Å². The fourth-order valence-electron chi connectivity index (χ4n) is 2.18. The summed E-state index contributed by atoms with van der Waals surface area (Å²) in [6.07, 6.45) is 1.31. The molecule has 2 N–H and O–H groups in total. The van der Waals surface area contributed by atoms with Crippen LogP contribution < -0.4 is 5.32 Å². The number of carbonyl (C=O) groups excluding carboxylic acids is 1. The molecule has 1 atom stereocenters. The Morgan fingerprint density at radius 3 is 2.84 bits per heavy atom. The second kappa shape index (κ2) is 5.13. The number of nitrogens with one attached hydrogen (secondary N) is 1. The number of amides is 2. The van der Waals surface area contributed by atoms with Gasteiger partial charge in [0.1, 0.15) is 11.6 Å². The van der Waals surface area contributed by atoms with Crippen molar-refractivity contribution < 1.29 is 18.7 Å². The zero-order chi connectivity index (χ0) is 14.0. The average Bonchev–Trinajstić information content (AvgIpc) is 2.31. The average molecular weight is 270 g/mol. The van der Waals surface area contributed by atoms with Gasteiger partial charge in [0, 0.05) is 12.6 Å². The van der Waals surface area contributed by atoms with Crippen LogP contribution in [0.25, 0.3) is 0 Å². The second-order valence-corrected chi connectivity index (χ2v) is 5.08. The molecule has 1 aliphatic rings. The number of piperidine rings is 1. The largest absolute Gasteiger partial charge is 0.388 e. The molecule has 1 heterocycles. The Kier molecular flexibility index (Phi) is 3.71. The number of carbonyl (C=O) groups is 1. The molecule has 2 amide bonds. The van der Waals surface area contributed by atoms with Crippen LogP contribution in [0.15, 0.2) is 18.2 Å². The number of nitrogens with zero attached hydrogens (tertiary/aromatic N) is 1. The number of hydrogen-bond acceptors (Lipinski definition) is 2. The van der Waals surface area contributed by atoms with Crippen molar-refractivity contribution >= 4 is 11.7 Å². The van der Waals surface area contributed by atoms with Gasteiger partial charge in [0.2, 0.25) is 0 Å². The van der Waals surface area contributed by atoms with Crippen LogP contribution in [-0.2, 0) is 0 Å². The number of halogens is 2. The lowest BCUT2D eigenvalue weighted by atomic mass is 9.95. The molecule has 1 aromatic carbocycles. The van der Waals surface area contributed by atoms with E-state index in [-0.39, 0.29) is 12.2 Å². The van der Waals surface area contributed by atoms with Crippen LogP contribution in [0.5, 0.6) is 0 Å². The lowest BCUT2D eigenvalue weighted by Gasteiger charge is -2.36. The number of likely N-dealkylation sites (tertiary alicyclic amines) is 1. The zero-order valence-electron chi connectivity index (χ0n) is 10.6. The fourth-order valence-corrected chi connectivity index (χ4v) is 2.18. The summed E-state index contributed by atoms with van der Waals surface area (Å²) in [6.45, 7) is 2.36. The van der Waals surface area contributed by atoms with E-state index in [9.17, 15) is 18.7 Å². The summed E-state index contributed by atoms with van der Waals surface area (Å²) in [7, 11) is 0. The highest BCUT2D eigenvalue weighted by molar-refractivity contribution is 5.89. The maximum absolute atomic E-state index is 13.4. The number of aliphatic hydroxyl groups is 1. The van der Waals surface area contributed by atoms with E-state index in [0.717, 1.165) is 6.07 Å². The summed E-state index contributed by atoms with van der Waals surface area (Å²) in [6, 6.07) is 2.46. The van der Waals surface area contributed by atoms with E-state index in [1.165, 1.54) is 11.0 Å². The summed E-state index contributed by atoms with van der Waals surface area (Å²) < 4.78 is 26.2. The van der Waals surface area contributed by atoms with E-state index in [1.54, 1.807) is 6.92 Å². The van der Waals surface area contributed by atoms with Gasteiger partial charge in [-0.3, -0.25) is 0 Å². The molecule has 1 unspecified atom stereocenters. The normalized spacial score (nSPS) is 23.3. The van der Waals surface area contributed by atoms with Crippen LogP contribution in [0.2, 0.25) is 0 Å². The fraction of sp³-hybridized carbons (Fsp3) is 0.462. The second-order valence-electron chi connectivity index (χ2n) is 5.08. The van der Waals surface area contributed by atoms with E-state index < -0.39 is 23.3 Å². The highest BCUT2D eigenvalue weighted by Crippen LogP contribution is 2.22. The van der Waals surface area contributed by atoms with Crippen molar-refractivity contribution in [1.82, 2.24) is 4.90 Å². The minimum absolute atomic E-state index is 0.0726. The third-order valence-corrected chi connectivity index (χ3v) is 3.13. The van der Waals surface area contributed by atoms with Gasteiger partial charge in [-0.05, 0) is 31.9 Å². The van der Waals surface area contributed by atoms with Crippen molar-refractivity contribution in [2.75, 3.05) is 18.4 Å². The van der Waals surface area contributed by atoms with Gasteiger partial charge < -0.3 is 15.3 Å². The van der Waals surface area contributed by atoms with Crippen molar-refractivity contribution in [3.8, 4) is 0 Å². The van der Waals surface area contributed by atoms with E-state index in [2.05, 4.69) is 5.32 Å². The topological polar surface area (TPSA) is 52.6 Å². The van der Waals surface area contributed by atoms with Gasteiger partial charge in [-0.1, -0.05) is 0 Å². The summed E-state index contributed by atoms with van der Waals surface area (Å²) >= 11 is 0. The lowest BCUT2D eigenvalue weighted by molar-refractivity contribution is -0.000641. The van der Waals surface area contributed by atoms with Crippen LogP contribution in [0.3, 0.4) is 0 Å². The number of benzene rings is 1. The monoisotopic (exact) mass is 270 g/mol. The van der Waals surface area contributed by atoms with Crippen LogP contribution in [-0.4, -0.2) is 34.7 Å².